The van der Waals surface area contributed by atoms with E-state index in [9.17, 15) is 14.7 Å². The molecule has 3 fully saturated rings. The number of esters is 2. The van der Waals surface area contributed by atoms with E-state index in [0.717, 1.165) is 90.8 Å². The number of H-pyrrole nitrogens is 1. The van der Waals surface area contributed by atoms with Crippen LogP contribution in [0.5, 0.6) is 5.75 Å². The van der Waals surface area contributed by atoms with Crippen LogP contribution in [0.25, 0.3) is 10.9 Å². The summed E-state index contributed by atoms with van der Waals surface area (Å²) in [5, 5.41) is 17.8. The SMILES string of the molecule is CCC1=C[C@@H]2CN(CCc3c([nH]c4ccccc34)[C@@](C(=O)OC)(c3cc4c(cc3OC)N(C)[C@H]3[C@](O)(CNC(=O)OCC5CC5)[C@H](OC(C)=O)[C@]5(CC)C=CCN6CC[C@]43[C@@H]65)C2)C1. The number of amides is 1. The van der Waals surface area contributed by atoms with Crippen molar-refractivity contribution in [2.75, 3.05) is 72.0 Å². The molecule has 7 aliphatic rings. The molecule has 1 aromatic heterocycles. The van der Waals surface area contributed by atoms with Crippen LogP contribution in [0.2, 0.25) is 0 Å². The highest BCUT2D eigenvalue weighted by Crippen LogP contribution is 2.68. The summed E-state index contributed by atoms with van der Waals surface area (Å²) in [6.07, 6.45) is 10.5. The number of hydrogen-bond donors (Lipinski definition) is 3. The van der Waals surface area contributed by atoms with Crippen molar-refractivity contribution in [3.05, 3.63) is 82.6 Å². The van der Waals surface area contributed by atoms with Gasteiger partial charge in [0.25, 0.3) is 0 Å². The maximum atomic E-state index is 15.4. The van der Waals surface area contributed by atoms with E-state index < -0.39 is 46.1 Å². The molecule has 2 bridgehead atoms. The van der Waals surface area contributed by atoms with E-state index in [-0.39, 0.29) is 24.5 Å². The van der Waals surface area contributed by atoms with Gasteiger partial charge in [-0.1, -0.05) is 55.8 Å². The fourth-order valence-electron chi connectivity index (χ4n) is 13.7. The fraction of sp³-hybridized carbons (Fsp3) is 0.580. The molecule has 2 aliphatic carbocycles. The molecule has 3 N–H and O–H groups in total. The van der Waals surface area contributed by atoms with Crippen LogP contribution in [0.3, 0.4) is 0 Å². The van der Waals surface area contributed by atoms with Gasteiger partial charge >= 0.3 is 18.0 Å². The number of benzene rings is 2. The number of fused-ring (bicyclic) bond motifs is 6. The number of methoxy groups -OCH3 is 2. The number of anilines is 1. The van der Waals surface area contributed by atoms with Crippen LogP contribution >= 0.6 is 0 Å². The molecule has 9 atom stereocenters. The van der Waals surface area contributed by atoms with Crippen molar-refractivity contribution in [1.82, 2.24) is 20.1 Å². The number of aliphatic hydroxyl groups is 1. The molecule has 6 heterocycles. The number of carbonyl (C=O) groups excluding carboxylic acids is 3. The summed E-state index contributed by atoms with van der Waals surface area (Å²) in [5.74, 6) is 0.0737. The molecule has 63 heavy (non-hydrogen) atoms. The van der Waals surface area contributed by atoms with Crippen LogP contribution in [0.15, 0.2) is 60.2 Å². The Labute approximate surface area is 370 Å². The zero-order valence-corrected chi connectivity index (χ0v) is 37.6. The molecule has 13 nitrogen and oxygen atoms in total. The Morgan fingerprint density at radius 3 is 2.59 bits per heavy atom. The van der Waals surface area contributed by atoms with Gasteiger partial charge in [0.1, 0.15) is 22.9 Å². The van der Waals surface area contributed by atoms with Crippen LogP contribution in [0.4, 0.5) is 10.5 Å². The van der Waals surface area contributed by atoms with Crippen molar-refractivity contribution in [1.29, 1.82) is 0 Å². The quantitative estimate of drug-likeness (QED) is 0.130. The molecule has 1 unspecified atom stereocenters. The lowest BCUT2D eigenvalue weighted by Crippen LogP contribution is -2.81. The second-order valence-electron chi connectivity index (χ2n) is 19.6. The number of rotatable bonds is 10. The van der Waals surface area contributed by atoms with Gasteiger partial charge in [0, 0.05) is 90.9 Å². The van der Waals surface area contributed by atoms with Crippen molar-refractivity contribution < 1.29 is 38.4 Å². The fourth-order valence-corrected chi connectivity index (χ4v) is 13.7. The zero-order chi connectivity index (χ0) is 44.1. The van der Waals surface area contributed by atoms with Crippen molar-refractivity contribution in [3.8, 4) is 5.75 Å². The molecule has 3 aromatic rings. The predicted molar refractivity (Wildman–Crippen MR) is 239 cm³/mol. The van der Waals surface area contributed by atoms with Crippen LogP contribution in [0.1, 0.15) is 81.7 Å². The van der Waals surface area contributed by atoms with Crippen LogP contribution in [-0.4, -0.2) is 129 Å². The Morgan fingerprint density at radius 2 is 1.86 bits per heavy atom. The number of hydrogen-bond acceptors (Lipinski definition) is 11. The van der Waals surface area contributed by atoms with Crippen LogP contribution < -0.4 is 15.0 Å². The summed E-state index contributed by atoms with van der Waals surface area (Å²) >= 11 is 0. The summed E-state index contributed by atoms with van der Waals surface area (Å²) in [6, 6.07) is 11.7. The summed E-state index contributed by atoms with van der Waals surface area (Å²) in [7, 11) is 5.13. The van der Waals surface area contributed by atoms with E-state index in [0.29, 0.717) is 44.1 Å². The molecule has 10 rings (SSSR count). The Morgan fingerprint density at radius 1 is 1.05 bits per heavy atom. The van der Waals surface area contributed by atoms with Crippen molar-refractivity contribution in [3.63, 3.8) is 0 Å². The number of aromatic amines is 1. The number of carbonyl (C=O) groups is 3. The van der Waals surface area contributed by atoms with E-state index in [4.69, 9.17) is 18.9 Å². The first-order valence-corrected chi connectivity index (χ1v) is 23.2. The largest absolute Gasteiger partial charge is 0.496 e. The highest BCUT2D eigenvalue weighted by atomic mass is 16.6. The number of aromatic nitrogens is 1. The third kappa shape index (κ3) is 6.15. The van der Waals surface area contributed by atoms with Gasteiger partial charge < -0.3 is 39.3 Å². The van der Waals surface area contributed by atoms with Gasteiger partial charge in [-0.15, -0.1) is 0 Å². The first-order valence-electron chi connectivity index (χ1n) is 23.2. The average Bonchev–Trinajstić information content (AvgIpc) is 3.85. The van der Waals surface area contributed by atoms with Crippen LogP contribution in [0, 0.1) is 17.3 Å². The normalized spacial score (nSPS) is 34.0. The Balaban J connectivity index is 1.22. The lowest BCUT2D eigenvalue weighted by atomic mass is 9.47. The molecule has 1 saturated heterocycles. The number of nitrogens with zero attached hydrogens (tertiary/aromatic N) is 3. The topological polar surface area (TPSA) is 146 Å². The average molecular weight is 862 g/mol. The minimum absolute atomic E-state index is 0.0323. The Bertz CT molecular complexity index is 2410. The van der Waals surface area contributed by atoms with Gasteiger partial charge in [0.15, 0.2) is 0 Å². The second-order valence-corrected chi connectivity index (χ2v) is 19.6. The van der Waals surface area contributed by atoms with Crippen molar-refractivity contribution in [2.24, 2.45) is 17.3 Å². The van der Waals surface area contributed by atoms with Crippen molar-refractivity contribution in [2.45, 2.75) is 100 Å². The number of ether oxygens (including phenoxy) is 4. The first kappa shape index (κ1) is 42.1. The Kier molecular flexibility index (Phi) is 10.3. The van der Waals surface area contributed by atoms with E-state index in [1.807, 2.05) is 19.2 Å². The summed E-state index contributed by atoms with van der Waals surface area (Å²) in [4.78, 5) is 53.0. The third-order valence-electron chi connectivity index (χ3n) is 16.3. The van der Waals surface area contributed by atoms with Gasteiger partial charge in [-0.25, -0.2) is 4.79 Å². The Hall–Kier alpha value is -4.85. The molecule has 1 spiro atoms. The smallest absolute Gasteiger partial charge is 0.407 e. The van der Waals surface area contributed by atoms with E-state index >= 15 is 4.79 Å². The minimum atomic E-state index is -1.80. The molecule has 2 saturated carbocycles. The lowest BCUT2D eigenvalue weighted by Gasteiger charge is -2.64. The monoisotopic (exact) mass is 861 g/mol. The van der Waals surface area contributed by atoms with Crippen molar-refractivity contribution >= 4 is 34.6 Å². The molecular formula is C50H63N5O8. The first-order chi connectivity index (χ1) is 30.4. The highest BCUT2D eigenvalue weighted by Gasteiger charge is 2.78. The summed E-state index contributed by atoms with van der Waals surface area (Å²) in [5.41, 5.74) is 2.11. The molecule has 0 radical (unpaired) electrons. The highest BCUT2D eigenvalue weighted by molar-refractivity contribution is 5.94. The van der Waals surface area contributed by atoms with Gasteiger partial charge in [-0.05, 0) is 86.6 Å². The number of alkyl carbamates (subject to hydrolysis) is 1. The molecular weight excluding hydrogens is 799 g/mol. The lowest BCUT2D eigenvalue weighted by molar-refractivity contribution is -0.217. The minimum Gasteiger partial charge on any atom is -0.496 e. The maximum Gasteiger partial charge on any atom is 0.407 e. The number of likely N-dealkylation sites (N-methyl/N-ethyl adjacent to an activating group) is 1. The van der Waals surface area contributed by atoms with Gasteiger partial charge in [0.2, 0.25) is 0 Å². The van der Waals surface area contributed by atoms with Gasteiger partial charge in [-0.2, -0.15) is 0 Å². The van der Waals surface area contributed by atoms with Crippen LogP contribution in [-0.2, 0) is 41.1 Å². The van der Waals surface area contributed by atoms with Gasteiger partial charge in [0.05, 0.1) is 33.4 Å². The number of para-hydroxylation sites is 1. The van der Waals surface area contributed by atoms with E-state index in [1.165, 1.54) is 19.6 Å². The standard InChI is InChI=1S/C50H63N5O8/c1-7-31-22-33-25-49(45(57)61-6,41-35(16-20-54(26-31)27-33)34-12-9-10-13-38(34)52-41)37-23-36-39(24-40(37)60-5)53(4)43-48(36)18-21-55-19-11-17-47(8-2,42(48)55)44(63-30(3)56)50(43,59)29-51-46(58)62-28-32-14-15-32/h9-13,17,22-24,32-33,42-44,52,59H,7-8,14-16,18-21,25-29H2,1-6H3,(H,51,58)/t33-,42-,43+,44+,47+,48+,49-,50+/m0/s1. The third-order valence-corrected chi connectivity index (χ3v) is 16.3. The predicted octanol–water partition coefficient (Wildman–Crippen LogP) is 5.76. The molecule has 5 aliphatic heterocycles. The zero-order valence-electron chi connectivity index (χ0n) is 37.6. The summed E-state index contributed by atoms with van der Waals surface area (Å²) < 4.78 is 24.5. The van der Waals surface area contributed by atoms with E-state index in [1.54, 1.807) is 7.11 Å². The molecule has 2 aromatic carbocycles. The molecule has 336 valence electrons. The van der Waals surface area contributed by atoms with Gasteiger partial charge in [-0.3, -0.25) is 19.4 Å². The number of nitrogens with one attached hydrogen (secondary N) is 2. The summed E-state index contributed by atoms with van der Waals surface area (Å²) in [6.45, 7) is 9.82. The molecule has 13 heteroatoms. The molecule has 1 amide bonds. The van der Waals surface area contributed by atoms with E-state index in [2.05, 4.69) is 81.3 Å². The maximum absolute atomic E-state index is 15.4. The second kappa shape index (κ2) is 15.4.